The van der Waals surface area contributed by atoms with E-state index < -0.39 is 0 Å². The average molecular weight is 239 g/mol. The summed E-state index contributed by atoms with van der Waals surface area (Å²) in [6, 6.07) is 0.858. The maximum atomic E-state index is 5.91. The lowest BCUT2D eigenvalue weighted by molar-refractivity contribution is -0.0460. The Kier molecular flexibility index (Phi) is 4.48. The largest absolute Gasteiger partial charge is 0.376 e. The summed E-state index contributed by atoms with van der Waals surface area (Å²) in [6.45, 7) is 11.7. The molecule has 1 saturated carbocycles. The summed E-state index contributed by atoms with van der Waals surface area (Å²) < 4.78 is 5.91. The van der Waals surface area contributed by atoms with E-state index in [2.05, 4.69) is 32.6 Å². The number of rotatable bonds is 4. The molecular weight excluding hydrogens is 210 g/mol. The molecule has 0 aromatic heterocycles. The predicted molar refractivity (Wildman–Crippen MR) is 72.2 cm³/mol. The molecule has 0 unspecified atom stereocenters. The second kappa shape index (κ2) is 5.71. The van der Waals surface area contributed by atoms with Gasteiger partial charge in [-0.3, -0.25) is 4.90 Å². The van der Waals surface area contributed by atoms with Crippen LogP contribution in [0.5, 0.6) is 0 Å². The van der Waals surface area contributed by atoms with E-state index in [1.165, 1.54) is 38.8 Å². The first-order valence-electron chi connectivity index (χ1n) is 7.45. The van der Waals surface area contributed by atoms with Crippen LogP contribution >= 0.6 is 0 Å². The lowest BCUT2D eigenvalue weighted by Gasteiger charge is -2.48. The van der Waals surface area contributed by atoms with Gasteiger partial charge in [0.25, 0.3) is 0 Å². The van der Waals surface area contributed by atoms with Crippen LogP contribution in [0.15, 0.2) is 0 Å². The van der Waals surface area contributed by atoms with Gasteiger partial charge in [0.2, 0.25) is 0 Å². The Bertz CT molecular complexity index is 225. The number of hydrogen-bond donors (Lipinski definition) is 0. The van der Waals surface area contributed by atoms with Crippen LogP contribution in [0.4, 0.5) is 0 Å². The van der Waals surface area contributed by atoms with Gasteiger partial charge in [-0.2, -0.15) is 0 Å². The average Bonchev–Trinajstić information content (AvgIpc) is 2.16. The molecule has 2 rings (SSSR count). The zero-order valence-corrected chi connectivity index (χ0v) is 12.0. The summed E-state index contributed by atoms with van der Waals surface area (Å²) in [7, 11) is 0. The zero-order valence-electron chi connectivity index (χ0n) is 12.0. The second-order valence-electron chi connectivity index (χ2n) is 6.57. The van der Waals surface area contributed by atoms with Crippen molar-refractivity contribution in [3.63, 3.8) is 0 Å². The molecule has 100 valence electrons. The minimum Gasteiger partial charge on any atom is -0.376 e. The molecule has 0 amide bonds. The summed E-state index contributed by atoms with van der Waals surface area (Å²) in [6.07, 6.45) is 6.17. The van der Waals surface area contributed by atoms with Crippen LogP contribution < -0.4 is 0 Å². The molecular formula is C15H29NO. The van der Waals surface area contributed by atoms with Gasteiger partial charge in [0.1, 0.15) is 0 Å². The van der Waals surface area contributed by atoms with E-state index in [4.69, 9.17) is 4.74 Å². The number of ether oxygens (including phenoxy) is 1. The summed E-state index contributed by atoms with van der Waals surface area (Å²) in [5, 5.41) is 0. The minimum absolute atomic E-state index is 0.394. The van der Waals surface area contributed by atoms with Crippen LogP contribution in [-0.2, 0) is 4.74 Å². The Morgan fingerprint density at radius 1 is 0.941 bits per heavy atom. The Balaban J connectivity index is 1.67. The Labute approximate surface area is 107 Å². The molecule has 1 heterocycles. The minimum atomic E-state index is 0.394. The van der Waals surface area contributed by atoms with Gasteiger partial charge in [0.05, 0.1) is 12.2 Å². The fourth-order valence-corrected chi connectivity index (χ4v) is 3.20. The molecule has 1 aliphatic heterocycles. The summed E-state index contributed by atoms with van der Waals surface area (Å²) in [4.78, 5) is 2.70. The lowest BCUT2D eigenvalue weighted by atomic mass is 9.83. The summed E-state index contributed by atoms with van der Waals surface area (Å²) in [5.74, 6) is 1.83. The summed E-state index contributed by atoms with van der Waals surface area (Å²) in [5.41, 5.74) is 0. The molecule has 0 N–H and O–H groups in total. The molecule has 2 fully saturated rings. The van der Waals surface area contributed by atoms with Crippen LogP contribution in [0, 0.1) is 11.8 Å². The highest BCUT2D eigenvalue weighted by molar-refractivity contribution is 4.89. The van der Waals surface area contributed by atoms with E-state index in [1.807, 2.05) is 0 Å². The highest BCUT2D eigenvalue weighted by Crippen LogP contribution is 2.32. The molecule has 17 heavy (non-hydrogen) atoms. The van der Waals surface area contributed by atoms with Crippen molar-refractivity contribution in [1.82, 2.24) is 4.90 Å². The van der Waals surface area contributed by atoms with Gasteiger partial charge in [-0.15, -0.1) is 0 Å². The first-order valence-corrected chi connectivity index (χ1v) is 7.45. The first-order chi connectivity index (χ1) is 8.06. The molecule has 0 aromatic carbocycles. The van der Waals surface area contributed by atoms with E-state index in [0.29, 0.717) is 12.2 Å². The zero-order chi connectivity index (χ0) is 12.4. The van der Waals surface area contributed by atoms with Gasteiger partial charge in [0.15, 0.2) is 0 Å². The molecule has 1 aliphatic carbocycles. The third-order valence-corrected chi connectivity index (χ3v) is 4.51. The molecule has 2 aliphatic rings. The van der Waals surface area contributed by atoms with Crippen molar-refractivity contribution in [2.75, 3.05) is 13.1 Å². The molecule has 0 bridgehead atoms. The van der Waals surface area contributed by atoms with Gasteiger partial charge in [0, 0.05) is 19.1 Å². The van der Waals surface area contributed by atoms with E-state index in [9.17, 15) is 0 Å². The van der Waals surface area contributed by atoms with Gasteiger partial charge >= 0.3 is 0 Å². The van der Waals surface area contributed by atoms with E-state index >= 15 is 0 Å². The lowest BCUT2D eigenvalue weighted by Crippen LogP contribution is -2.54. The molecule has 0 spiro atoms. The van der Waals surface area contributed by atoms with Crippen molar-refractivity contribution < 1.29 is 4.74 Å². The number of nitrogens with zero attached hydrogens (tertiary/aromatic N) is 1. The van der Waals surface area contributed by atoms with Crippen molar-refractivity contribution >= 4 is 0 Å². The quantitative estimate of drug-likeness (QED) is 0.746. The van der Waals surface area contributed by atoms with Crippen molar-refractivity contribution in [2.45, 2.75) is 71.6 Å². The second-order valence-corrected chi connectivity index (χ2v) is 6.57. The first kappa shape index (κ1) is 13.4. The number of hydrogen-bond acceptors (Lipinski definition) is 2. The fraction of sp³-hybridized carbons (Fsp3) is 1.00. The van der Waals surface area contributed by atoms with Crippen molar-refractivity contribution in [1.29, 1.82) is 0 Å². The van der Waals surface area contributed by atoms with Crippen LogP contribution in [0.2, 0.25) is 0 Å². The predicted octanol–water partition coefficient (Wildman–Crippen LogP) is 3.31. The van der Waals surface area contributed by atoms with Crippen molar-refractivity contribution in [3.05, 3.63) is 0 Å². The molecule has 0 atom stereocenters. The van der Waals surface area contributed by atoms with Crippen LogP contribution in [0.25, 0.3) is 0 Å². The van der Waals surface area contributed by atoms with Crippen molar-refractivity contribution in [3.8, 4) is 0 Å². The van der Waals surface area contributed by atoms with Crippen LogP contribution in [-0.4, -0.2) is 36.2 Å². The standard InChI is InChI=1S/C15H29NO/c1-11(2)13-9-16(10-13)14-5-7-15(8-6-14)17-12(3)4/h11-15H,5-10H2,1-4H3. The highest BCUT2D eigenvalue weighted by Gasteiger charge is 2.35. The fourth-order valence-electron chi connectivity index (χ4n) is 3.20. The Morgan fingerprint density at radius 2 is 1.53 bits per heavy atom. The Hall–Kier alpha value is -0.0800. The number of likely N-dealkylation sites (tertiary alicyclic amines) is 1. The smallest absolute Gasteiger partial charge is 0.0579 e. The van der Waals surface area contributed by atoms with E-state index in [1.54, 1.807) is 0 Å². The monoisotopic (exact) mass is 239 g/mol. The maximum Gasteiger partial charge on any atom is 0.0579 e. The topological polar surface area (TPSA) is 12.5 Å². The maximum absolute atomic E-state index is 5.91. The molecule has 2 nitrogen and oxygen atoms in total. The normalized spacial score (nSPS) is 32.1. The molecule has 2 heteroatoms. The van der Waals surface area contributed by atoms with Gasteiger partial charge in [-0.25, -0.2) is 0 Å². The summed E-state index contributed by atoms with van der Waals surface area (Å²) >= 11 is 0. The van der Waals surface area contributed by atoms with Crippen molar-refractivity contribution in [2.24, 2.45) is 11.8 Å². The molecule has 0 aromatic rings. The molecule has 0 radical (unpaired) electrons. The van der Waals surface area contributed by atoms with Gasteiger partial charge in [-0.05, 0) is 51.4 Å². The Morgan fingerprint density at radius 3 is 2.00 bits per heavy atom. The highest BCUT2D eigenvalue weighted by atomic mass is 16.5. The van der Waals surface area contributed by atoms with Crippen LogP contribution in [0.3, 0.4) is 0 Å². The molecule has 1 saturated heterocycles. The van der Waals surface area contributed by atoms with E-state index in [0.717, 1.165) is 17.9 Å². The SMILES string of the molecule is CC(C)OC1CCC(N2CC(C(C)C)C2)CC1. The van der Waals surface area contributed by atoms with E-state index in [-0.39, 0.29) is 0 Å². The third kappa shape index (κ3) is 3.45. The third-order valence-electron chi connectivity index (χ3n) is 4.51. The van der Waals surface area contributed by atoms with Gasteiger partial charge in [-0.1, -0.05) is 13.8 Å². The van der Waals surface area contributed by atoms with Crippen LogP contribution in [0.1, 0.15) is 53.4 Å². The van der Waals surface area contributed by atoms with Gasteiger partial charge < -0.3 is 4.74 Å².